The van der Waals surface area contributed by atoms with E-state index in [4.69, 9.17) is 0 Å². The van der Waals surface area contributed by atoms with Gasteiger partial charge < -0.3 is 10.2 Å². The van der Waals surface area contributed by atoms with Crippen LogP contribution in [0.2, 0.25) is 0 Å². The lowest BCUT2D eigenvalue weighted by molar-refractivity contribution is -0.132. The summed E-state index contributed by atoms with van der Waals surface area (Å²) in [7, 11) is 1.96. The molecule has 0 unspecified atom stereocenters. The molecule has 3 rings (SSSR count). The first-order valence-electron chi connectivity index (χ1n) is 8.28. The van der Waals surface area contributed by atoms with E-state index in [9.17, 15) is 9.59 Å². The van der Waals surface area contributed by atoms with Crippen molar-refractivity contribution in [3.05, 3.63) is 34.7 Å². The number of hydrogen-bond donors (Lipinski definition) is 1. The summed E-state index contributed by atoms with van der Waals surface area (Å²) < 4.78 is 3.32. The van der Waals surface area contributed by atoms with Crippen LogP contribution in [0.4, 0.5) is 0 Å². The SMILES string of the molecule is CCn1c(=O)n(CC(=O)N2CCC(NC)CC2)c2ccccc21.Cl. The summed E-state index contributed by atoms with van der Waals surface area (Å²) >= 11 is 0. The number of fused-ring (bicyclic) bond motifs is 1. The third-order valence-corrected chi connectivity index (χ3v) is 4.79. The predicted molar refractivity (Wildman–Crippen MR) is 97.8 cm³/mol. The van der Waals surface area contributed by atoms with E-state index in [0.29, 0.717) is 12.6 Å². The fourth-order valence-corrected chi connectivity index (χ4v) is 3.38. The number of likely N-dealkylation sites (tertiary alicyclic amines) is 1. The number of hydrogen-bond acceptors (Lipinski definition) is 3. The molecule has 0 aliphatic carbocycles. The molecule has 1 aliphatic rings. The highest BCUT2D eigenvalue weighted by molar-refractivity contribution is 5.85. The van der Waals surface area contributed by atoms with E-state index in [1.54, 1.807) is 9.13 Å². The number of imidazole rings is 1. The van der Waals surface area contributed by atoms with E-state index in [0.717, 1.165) is 37.0 Å². The highest BCUT2D eigenvalue weighted by atomic mass is 35.5. The number of benzene rings is 1. The Morgan fingerprint density at radius 1 is 1.17 bits per heavy atom. The number of carbonyl (C=O) groups is 1. The maximum absolute atomic E-state index is 12.6. The lowest BCUT2D eigenvalue weighted by Crippen LogP contribution is -2.45. The van der Waals surface area contributed by atoms with E-state index in [1.165, 1.54) is 0 Å². The highest BCUT2D eigenvalue weighted by Gasteiger charge is 2.23. The molecule has 0 radical (unpaired) electrons. The Balaban J connectivity index is 0.00000208. The average molecular weight is 353 g/mol. The minimum atomic E-state index is -0.104. The van der Waals surface area contributed by atoms with Gasteiger partial charge in [0.2, 0.25) is 5.91 Å². The molecule has 0 saturated carbocycles. The van der Waals surface area contributed by atoms with Crippen molar-refractivity contribution >= 4 is 29.3 Å². The van der Waals surface area contributed by atoms with Gasteiger partial charge >= 0.3 is 5.69 Å². The summed E-state index contributed by atoms with van der Waals surface area (Å²) in [5, 5.41) is 3.26. The fraction of sp³-hybridized carbons (Fsp3) is 0.529. The first-order valence-corrected chi connectivity index (χ1v) is 8.28. The summed E-state index contributed by atoms with van der Waals surface area (Å²) in [4.78, 5) is 27.0. The first kappa shape index (κ1) is 18.5. The van der Waals surface area contributed by atoms with Gasteiger partial charge in [0, 0.05) is 25.7 Å². The van der Waals surface area contributed by atoms with E-state index in [1.807, 2.05) is 43.1 Å². The van der Waals surface area contributed by atoms with Crippen LogP contribution in [0.25, 0.3) is 11.0 Å². The Labute approximate surface area is 147 Å². The second-order valence-corrected chi connectivity index (χ2v) is 6.05. The summed E-state index contributed by atoms with van der Waals surface area (Å²) in [6.45, 7) is 4.18. The van der Waals surface area contributed by atoms with E-state index in [-0.39, 0.29) is 30.5 Å². The maximum atomic E-state index is 12.6. The molecule has 0 bridgehead atoms. The van der Waals surface area contributed by atoms with Gasteiger partial charge in [-0.05, 0) is 38.9 Å². The van der Waals surface area contributed by atoms with Gasteiger partial charge in [0.15, 0.2) is 0 Å². The number of para-hydroxylation sites is 2. The highest BCUT2D eigenvalue weighted by Crippen LogP contribution is 2.14. The monoisotopic (exact) mass is 352 g/mol. The maximum Gasteiger partial charge on any atom is 0.329 e. The van der Waals surface area contributed by atoms with Crippen LogP contribution in [0, 0.1) is 0 Å². The van der Waals surface area contributed by atoms with E-state index < -0.39 is 0 Å². The normalized spacial score (nSPS) is 15.5. The zero-order chi connectivity index (χ0) is 16.4. The van der Waals surface area contributed by atoms with Crippen LogP contribution in [-0.4, -0.2) is 46.1 Å². The zero-order valence-electron chi connectivity index (χ0n) is 14.2. The molecule has 2 aromatic rings. The molecule has 1 aliphatic heterocycles. The topological polar surface area (TPSA) is 59.3 Å². The van der Waals surface area contributed by atoms with Gasteiger partial charge in [-0.15, -0.1) is 12.4 Å². The third-order valence-electron chi connectivity index (χ3n) is 4.79. The predicted octanol–water partition coefficient (Wildman–Crippen LogP) is 1.46. The van der Waals surface area contributed by atoms with Gasteiger partial charge in [-0.2, -0.15) is 0 Å². The molecular weight excluding hydrogens is 328 g/mol. The number of aryl methyl sites for hydroxylation is 1. The number of amides is 1. The summed E-state index contributed by atoms with van der Waals surface area (Å²) in [6.07, 6.45) is 1.93. The molecule has 0 spiro atoms. The Bertz CT molecular complexity index is 760. The van der Waals surface area contributed by atoms with Crippen molar-refractivity contribution in [3.63, 3.8) is 0 Å². The number of nitrogens with zero attached hydrogens (tertiary/aromatic N) is 3. The Morgan fingerprint density at radius 3 is 2.29 bits per heavy atom. The van der Waals surface area contributed by atoms with Crippen LogP contribution >= 0.6 is 12.4 Å². The molecule has 1 N–H and O–H groups in total. The Hall–Kier alpha value is -1.79. The molecule has 6 nitrogen and oxygen atoms in total. The third kappa shape index (κ3) is 3.35. The molecule has 0 atom stereocenters. The molecule has 1 fully saturated rings. The summed E-state index contributed by atoms with van der Waals surface area (Å²) in [5.74, 6) is 0.0284. The number of aromatic nitrogens is 2. The average Bonchev–Trinajstić information content (AvgIpc) is 2.86. The summed E-state index contributed by atoms with van der Waals surface area (Å²) in [6, 6.07) is 8.15. The number of nitrogens with one attached hydrogen (secondary N) is 1. The van der Waals surface area contributed by atoms with Gasteiger partial charge in [0.05, 0.1) is 11.0 Å². The molecular formula is C17H25ClN4O2. The van der Waals surface area contributed by atoms with Crippen molar-refractivity contribution in [2.75, 3.05) is 20.1 Å². The van der Waals surface area contributed by atoms with Gasteiger partial charge in [-0.3, -0.25) is 13.9 Å². The van der Waals surface area contributed by atoms with Crippen LogP contribution < -0.4 is 11.0 Å². The van der Waals surface area contributed by atoms with E-state index in [2.05, 4.69) is 5.32 Å². The van der Waals surface area contributed by atoms with E-state index >= 15 is 0 Å². The van der Waals surface area contributed by atoms with Crippen LogP contribution in [0.5, 0.6) is 0 Å². The number of carbonyl (C=O) groups excluding carboxylic acids is 1. The van der Waals surface area contributed by atoms with Gasteiger partial charge in [0.1, 0.15) is 6.54 Å². The number of piperidine rings is 1. The molecule has 24 heavy (non-hydrogen) atoms. The smallest absolute Gasteiger partial charge is 0.329 e. The van der Waals surface area contributed by atoms with Gasteiger partial charge in [0.25, 0.3) is 0 Å². The van der Waals surface area contributed by atoms with Crippen LogP contribution in [-0.2, 0) is 17.9 Å². The Kier molecular flexibility index (Phi) is 6.07. The van der Waals surface area contributed by atoms with Crippen LogP contribution in [0.15, 0.2) is 29.1 Å². The van der Waals surface area contributed by atoms with Gasteiger partial charge in [-0.1, -0.05) is 12.1 Å². The molecule has 132 valence electrons. The first-order chi connectivity index (χ1) is 11.2. The van der Waals surface area contributed by atoms with Crippen molar-refractivity contribution in [2.24, 2.45) is 0 Å². The quantitative estimate of drug-likeness (QED) is 0.906. The largest absolute Gasteiger partial charge is 0.341 e. The van der Waals surface area contributed by atoms with Crippen LogP contribution in [0.3, 0.4) is 0 Å². The van der Waals surface area contributed by atoms with Gasteiger partial charge in [-0.25, -0.2) is 4.79 Å². The molecule has 1 aromatic heterocycles. The van der Waals surface area contributed by atoms with Crippen molar-refractivity contribution < 1.29 is 4.79 Å². The second kappa shape index (κ2) is 7.85. The van der Waals surface area contributed by atoms with Crippen molar-refractivity contribution in [2.45, 2.75) is 38.9 Å². The number of halogens is 1. The lowest BCUT2D eigenvalue weighted by atomic mass is 10.1. The molecule has 1 saturated heterocycles. The van der Waals surface area contributed by atoms with Crippen molar-refractivity contribution in [3.8, 4) is 0 Å². The standard InChI is InChI=1S/C17H24N4O2.ClH/c1-3-20-14-6-4-5-7-15(14)21(17(20)23)12-16(22)19-10-8-13(18-2)9-11-19;/h4-7,13,18H,3,8-12H2,1-2H3;1H. The zero-order valence-corrected chi connectivity index (χ0v) is 15.0. The fourth-order valence-electron chi connectivity index (χ4n) is 3.38. The van der Waals surface area contributed by atoms with Crippen LogP contribution in [0.1, 0.15) is 19.8 Å². The lowest BCUT2D eigenvalue weighted by Gasteiger charge is -2.31. The van der Waals surface area contributed by atoms with Crippen molar-refractivity contribution in [1.29, 1.82) is 0 Å². The molecule has 7 heteroatoms. The second-order valence-electron chi connectivity index (χ2n) is 6.05. The molecule has 1 aromatic carbocycles. The minimum absolute atomic E-state index is 0. The summed E-state index contributed by atoms with van der Waals surface area (Å²) in [5.41, 5.74) is 1.62. The molecule has 2 heterocycles. The molecule has 1 amide bonds. The minimum Gasteiger partial charge on any atom is -0.341 e. The Morgan fingerprint density at radius 2 is 1.75 bits per heavy atom. The number of rotatable bonds is 4. The van der Waals surface area contributed by atoms with Crippen molar-refractivity contribution in [1.82, 2.24) is 19.4 Å².